The number of likely N-dealkylation sites (N-methyl/N-ethyl adjacent to an activating group) is 1. The van der Waals surface area contributed by atoms with E-state index in [1.54, 1.807) is 14.2 Å². The number of methoxy groups -OCH3 is 2. The van der Waals surface area contributed by atoms with Gasteiger partial charge in [0.1, 0.15) is 11.5 Å². The molecule has 124 valence electrons. The topological polar surface area (TPSA) is 33.7 Å². The lowest BCUT2D eigenvalue weighted by Gasteiger charge is -2.23. The highest BCUT2D eigenvalue weighted by Crippen LogP contribution is 2.23. The summed E-state index contributed by atoms with van der Waals surface area (Å²) in [4.78, 5) is 2.19. The van der Waals surface area contributed by atoms with E-state index in [4.69, 9.17) is 9.47 Å². The minimum atomic E-state index is 0.267. The van der Waals surface area contributed by atoms with Crippen molar-refractivity contribution >= 4 is 0 Å². The number of ether oxygens (including phenoxy) is 2. The lowest BCUT2D eigenvalue weighted by atomic mass is 10.1. The van der Waals surface area contributed by atoms with Gasteiger partial charge in [0.25, 0.3) is 0 Å². The van der Waals surface area contributed by atoms with Crippen molar-refractivity contribution < 1.29 is 9.47 Å². The van der Waals surface area contributed by atoms with Crippen LogP contribution in [0, 0.1) is 0 Å². The molecule has 0 heterocycles. The van der Waals surface area contributed by atoms with E-state index in [1.165, 1.54) is 5.56 Å². The summed E-state index contributed by atoms with van der Waals surface area (Å²) in [6.45, 7) is 1.69. The zero-order valence-electron chi connectivity index (χ0n) is 14.4. The molecule has 0 aromatic heterocycles. The summed E-state index contributed by atoms with van der Waals surface area (Å²) in [6, 6.07) is 16.7. The molecular weight excluding hydrogens is 288 g/mol. The van der Waals surface area contributed by atoms with Crippen LogP contribution in [0.2, 0.25) is 0 Å². The van der Waals surface area contributed by atoms with Crippen molar-refractivity contribution in [3.05, 3.63) is 59.7 Å². The fraction of sp³-hybridized carbons (Fsp3) is 0.368. The first kappa shape index (κ1) is 17.3. The van der Waals surface area contributed by atoms with Gasteiger partial charge in [-0.3, -0.25) is 0 Å². The predicted octanol–water partition coefficient (Wildman–Crippen LogP) is 3.10. The van der Waals surface area contributed by atoms with E-state index in [-0.39, 0.29) is 6.04 Å². The Morgan fingerprint density at radius 1 is 0.957 bits per heavy atom. The van der Waals surface area contributed by atoms with Crippen LogP contribution in [0.5, 0.6) is 11.5 Å². The molecule has 0 aliphatic heterocycles. The van der Waals surface area contributed by atoms with Gasteiger partial charge in [0.15, 0.2) is 0 Å². The number of hydrogen-bond donors (Lipinski definition) is 1. The molecule has 0 aliphatic carbocycles. The molecule has 23 heavy (non-hydrogen) atoms. The SMILES string of the molecule is COc1cc(CN[C@H](CN(C)C)c2ccccc2)cc(OC)c1. The summed E-state index contributed by atoms with van der Waals surface area (Å²) in [5.74, 6) is 1.62. The van der Waals surface area contributed by atoms with Gasteiger partial charge >= 0.3 is 0 Å². The monoisotopic (exact) mass is 314 g/mol. The Hall–Kier alpha value is -2.04. The second kappa shape index (κ2) is 8.56. The third kappa shape index (κ3) is 5.27. The Bertz CT molecular complexity index is 577. The molecule has 0 saturated heterocycles. The maximum absolute atomic E-state index is 5.34. The first-order valence-electron chi connectivity index (χ1n) is 7.77. The van der Waals surface area contributed by atoms with E-state index in [9.17, 15) is 0 Å². The lowest BCUT2D eigenvalue weighted by Crippen LogP contribution is -2.30. The highest BCUT2D eigenvalue weighted by atomic mass is 16.5. The van der Waals surface area contributed by atoms with Crippen LogP contribution in [-0.4, -0.2) is 39.8 Å². The zero-order chi connectivity index (χ0) is 16.7. The Morgan fingerprint density at radius 3 is 2.09 bits per heavy atom. The summed E-state index contributed by atoms with van der Waals surface area (Å²) in [6.07, 6.45) is 0. The van der Waals surface area contributed by atoms with E-state index >= 15 is 0 Å². The minimum absolute atomic E-state index is 0.267. The van der Waals surface area contributed by atoms with Crippen LogP contribution < -0.4 is 14.8 Å². The maximum Gasteiger partial charge on any atom is 0.122 e. The first-order chi connectivity index (χ1) is 11.1. The highest BCUT2D eigenvalue weighted by molar-refractivity contribution is 5.38. The summed E-state index contributed by atoms with van der Waals surface area (Å²) in [5.41, 5.74) is 2.43. The number of nitrogens with zero attached hydrogens (tertiary/aromatic N) is 1. The van der Waals surface area contributed by atoms with Gasteiger partial charge in [-0.25, -0.2) is 0 Å². The van der Waals surface area contributed by atoms with Crippen molar-refractivity contribution in [2.24, 2.45) is 0 Å². The smallest absolute Gasteiger partial charge is 0.122 e. The summed E-state index contributed by atoms with van der Waals surface area (Å²) >= 11 is 0. The van der Waals surface area contributed by atoms with E-state index in [2.05, 4.69) is 48.6 Å². The van der Waals surface area contributed by atoms with E-state index in [0.717, 1.165) is 30.2 Å². The zero-order valence-corrected chi connectivity index (χ0v) is 14.4. The van der Waals surface area contributed by atoms with Crippen molar-refractivity contribution in [1.82, 2.24) is 10.2 Å². The Morgan fingerprint density at radius 2 is 1.57 bits per heavy atom. The van der Waals surface area contributed by atoms with Crippen LogP contribution in [0.3, 0.4) is 0 Å². The summed E-state index contributed by atoms with van der Waals surface area (Å²) in [5, 5.41) is 3.63. The largest absolute Gasteiger partial charge is 0.497 e. The molecule has 0 fully saturated rings. The van der Waals surface area contributed by atoms with Crippen molar-refractivity contribution in [2.75, 3.05) is 34.9 Å². The molecule has 0 unspecified atom stereocenters. The Labute approximate surface area is 139 Å². The van der Waals surface area contributed by atoms with Crippen LogP contribution in [-0.2, 0) is 6.54 Å². The van der Waals surface area contributed by atoms with E-state index in [1.807, 2.05) is 24.3 Å². The number of rotatable bonds is 8. The standard InChI is InChI=1S/C19H26N2O2/c1-21(2)14-19(16-8-6-5-7-9-16)20-13-15-10-17(22-3)12-18(11-15)23-4/h5-12,19-20H,13-14H2,1-4H3/t19-/m1/s1. The van der Waals surface area contributed by atoms with Gasteiger partial charge in [-0.15, -0.1) is 0 Å². The molecule has 4 nitrogen and oxygen atoms in total. The van der Waals surface area contributed by atoms with Crippen LogP contribution in [0.25, 0.3) is 0 Å². The Kier molecular flexibility index (Phi) is 6.44. The number of benzene rings is 2. The molecule has 1 N–H and O–H groups in total. The van der Waals surface area contributed by atoms with Crippen molar-refractivity contribution in [3.63, 3.8) is 0 Å². The molecule has 0 aliphatic rings. The second-order valence-electron chi connectivity index (χ2n) is 5.83. The molecule has 2 aromatic rings. The molecule has 0 amide bonds. The molecule has 2 aromatic carbocycles. The second-order valence-corrected chi connectivity index (χ2v) is 5.83. The van der Waals surface area contributed by atoms with Crippen LogP contribution >= 0.6 is 0 Å². The lowest BCUT2D eigenvalue weighted by molar-refractivity contribution is 0.340. The molecular formula is C19H26N2O2. The molecule has 2 rings (SSSR count). The third-order valence-electron chi connectivity index (χ3n) is 3.71. The molecule has 4 heteroatoms. The van der Waals surface area contributed by atoms with Gasteiger partial charge in [0.2, 0.25) is 0 Å². The predicted molar refractivity (Wildman–Crippen MR) is 94.1 cm³/mol. The fourth-order valence-corrected chi connectivity index (χ4v) is 2.55. The minimum Gasteiger partial charge on any atom is -0.497 e. The van der Waals surface area contributed by atoms with Gasteiger partial charge < -0.3 is 19.7 Å². The first-order valence-corrected chi connectivity index (χ1v) is 7.77. The van der Waals surface area contributed by atoms with Crippen molar-refractivity contribution in [2.45, 2.75) is 12.6 Å². The van der Waals surface area contributed by atoms with Crippen molar-refractivity contribution in [3.8, 4) is 11.5 Å². The van der Waals surface area contributed by atoms with Crippen LogP contribution in [0.4, 0.5) is 0 Å². The molecule has 0 spiro atoms. The van der Waals surface area contributed by atoms with Gasteiger partial charge in [-0.1, -0.05) is 30.3 Å². The van der Waals surface area contributed by atoms with Gasteiger partial charge in [-0.05, 0) is 37.4 Å². The molecule has 0 radical (unpaired) electrons. The molecule has 0 saturated carbocycles. The Balaban J connectivity index is 2.12. The average Bonchev–Trinajstić information content (AvgIpc) is 2.58. The summed E-state index contributed by atoms with van der Waals surface area (Å²) in [7, 11) is 7.52. The van der Waals surface area contributed by atoms with Crippen LogP contribution in [0.1, 0.15) is 17.2 Å². The van der Waals surface area contributed by atoms with E-state index in [0.29, 0.717) is 0 Å². The molecule has 0 bridgehead atoms. The van der Waals surface area contributed by atoms with Gasteiger partial charge in [-0.2, -0.15) is 0 Å². The quantitative estimate of drug-likeness (QED) is 0.812. The van der Waals surface area contributed by atoms with E-state index < -0.39 is 0 Å². The summed E-state index contributed by atoms with van der Waals surface area (Å²) < 4.78 is 10.7. The molecule has 1 atom stereocenters. The number of hydrogen-bond acceptors (Lipinski definition) is 4. The van der Waals surface area contributed by atoms with Crippen molar-refractivity contribution in [1.29, 1.82) is 0 Å². The average molecular weight is 314 g/mol. The third-order valence-corrected chi connectivity index (χ3v) is 3.71. The highest BCUT2D eigenvalue weighted by Gasteiger charge is 2.12. The van der Waals surface area contributed by atoms with Gasteiger partial charge in [0, 0.05) is 25.2 Å². The maximum atomic E-state index is 5.34. The number of nitrogens with one attached hydrogen (secondary N) is 1. The fourth-order valence-electron chi connectivity index (χ4n) is 2.55. The van der Waals surface area contributed by atoms with Crippen LogP contribution in [0.15, 0.2) is 48.5 Å². The normalized spacial score (nSPS) is 12.2. The van der Waals surface area contributed by atoms with Gasteiger partial charge in [0.05, 0.1) is 14.2 Å².